The van der Waals surface area contributed by atoms with Crippen LogP contribution < -0.4 is 27.3 Å². The molecule has 0 bridgehead atoms. The second kappa shape index (κ2) is 13.0. The van der Waals surface area contributed by atoms with Crippen molar-refractivity contribution in [2.24, 2.45) is 0 Å². The van der Waals surface area contributed by atoms with Crippen molar-refractivity contribution in [3.63, 3.8) is 0 Å². The van der Waals surface area contributed by atoms with E-state index < -0.39 is 0 Å². The molecule has 4 nitrogen and oxygen atoms in total. The van der Waals surface area contributed by atoms with Crippen LogP contribution in [0.5, 0.6) is 0 Å². The second-order valence-electron chi connectivity index (χ2n) is 14.6. The van der Waals surface area contributed by atoms with E-state index in [9.17, 15) is 0 Å². The number of nitrogens with zero attached hydrogens (tertiary/aromatic N) is 4. The van der Waals surface area contributed by atoms with Gasteiger partial charge in [0.15, 0.2) is 17.5 Å². The maximum absolute atomic E-state index is 5.28. The normalized spacial score (nSPS) is 11.6. The topological polar surface area (TPSA) is 43.6 Å². The van der Waals surface area contributed by atoms with Crippen LogP contribution in [0.1, 0.15) is 0 Å². The van der Waals surface area contributed by atoms with Gasteiger partial charge in [0.2, 0.25) is 0 Å². The van der Waals surface area contributed by atoms with Crippen molar-refractivity contribution in [2.75, 3.05) is 0 Å². The molecule has 0 spiro atoms. The van der Waals surface area contributed by atoms with E-state index in [2.05, 4.69) is 165 Å². The Morgan fingerprint density at radius 3 is 1.80 bits per heavy atom. The molecule has 3 aromatic heterocycles. The minimum atomic E-state index is 0.680. The quantitative estimate of drug-likeness (QED) is 0.257. The van der Waals surface area contributed by atoms with Gasteiger partial charge in [-0.25, -0.2) is 15.0 Å². The molecule has 7 aromatic carbocycles. The molecule has 0 aliphatic carbocycles. The third-order valence-electron chi connectivity index (χ3n) is 11.7. The van der Waals surface area contributed by atoms with Crippen LogP contribution in [0.15, 0.2) is 140 Å². The molecule has 0 saturated carbocycles. The van der Waals surface area contributed by atoms with E-state index in [4.69, 9.17) is 15.0 Å². The number of aromatic nitrogens is 4. The molecule has 0 amide bonds. The predicted octanol–water partition coefficient (Wildman–Crippen LogP) is 3.30. The minimum absolute atomic E-state index is 0.680. The molecule has 254 valence electrons. The van der Waals surface area contributed by atoms with Crippen LogP contribution in [0.3, 0.4) is 0 Å². The molecular formula is C45H33B5N4S. The van der Waals surface area contributed by atoms with Crippen LogP contribution in [0.2, 0.25) is 0 Å². The van der Waals surface area contributed by atoms with Crippen LogP contribution in [-0.4, -0.2) is 58.8 Å². The number of fused-ring (bicyclic) bond motifs is 6. The molecule has 0 N–H and O–H groups in total. The number of rotatable bonds is 5. The first-order valence-corrected chi connectivity index (χ1v) is 19.6. The summed E-state index contributed by atoms with van der Waals surface area (Å²) < 4.78 is 4.78. The zero-order chi connectivity index (χ0) is 37.4. The van der Waals surface area contributed by atoms with E-state index in [1.165, 1.54) is 86.1 Å². The Bertz CT molecular complexity index is 3130. The second-order valence-corrected chi connectivity index (χ2v) is 15.6. The largest absolute Gasteiger partial charge is 0.309 e. The summed E-state index contributed by atoms with van der Waals surface area (Å²) in [6.07, 6.45) is 0. The van der Waals surface area contributed by atoms with Gasteiger partial charge in [0.1, 0.15) is 39.2 Å². The van der Waals surface area contributed by atoms with Crippen molar-refractivity contribution < 1.29 is 0 Å². The lowest BCUT2D eigenvalue weighted by atomic mass is 9.60. The van der Waals surface area contributed by atoms with Crippen molar-refractivity contribution in [3.8, 4) is 51.0 Å². The highest BCUT2D eigenvalue weighted by Crippen LogP contribution is 2.42. The summed E-state index contributed by atoms with van der Waals surface area (Å²) in [5.74, 6) is 2.09. The standard InChI is InChI=1S/C45H33B5N4S/c46-37-36(38(47)40(49)41(50)39(37)48)45-52-43(24-10-3-1-4-11-24)51-44(53-45)31-16-9-15-30-29-20-18-26(23-35(29)55-42(30)31)25-19-21-34-32(22-25)28-14-7-8-17-33(28)54(34)27-12-5-2-6-13-27/h1-23H,46-50H2. The van der Waals surface area contributed by atoms with E-state index in [1.807, 2.05) is 29.5 Å². The molecule has 0 atom stereocenters. The molecule has 0 radical (unpaired) electrons. The average molecular weight is 716 g/mol. The van der Waals surface area contributed by atoms with Crippen LogP contribution in [-0.2, 0) is 0 Å². The van der Waals surface area contributed by atoms with Crippen LogP contribution in [0.4, 0.5) is 0 Å². The highest BCUT2D eigenvalue weighted by molar-refractivity contribution is 7.26. The molecule has 10 rings (SSSR count). The zero-order valence-corrected chi connectivity index (χ0v) is 32.3. The Labute approximate surface area is 328 Å². The lowest BCUT2D eigenvalue weighted by molar-refractivity contribution is 1.08. The summed E-state index contributed by atoms with van der Waals surface area (Å²) in [5.41, 5.74) is 15.4. The van der Waals surface area contributed by atoms with Gasteiger partial charge < -0.3 is 4.57 Å². The van der Waals surface area contributed by atoms with Gasteiger partial charge in [0, 0.05) is 53.3 Å². The minimum Gasteiger partial charge on any atom is -0.309 e. The number of thiophene rings is 1. The Kier molecular flexibility index (Phi) is 7.93. The Morgan fingerprint density at radius 2 is 1.02 bits per heavy atom. The maximum atomic E-state index is 5.28. The van der Waals surface area contributed by atoms with E-state index >= 15 is 0 Å². The summed E-state index contributed by atoms with van der Waals surface area (Å²) in [4.78, 5) is 15.6. The molecule has 3 heterocycles. The molecule has 0 aliphatic rings. The van der Waals surface area contributed by atoms with Gasteiger partial charge >= 0.3 is 0 Å². The number of benzene rings is 7. The van der Waals surface area contributed by atoms with Crippen LogP contribution in [0.25, 0.3) is 93.0 Å². The van der Waals surface area contributed by atoms with Crippen molar-refractivity contribution in [1.82, 2.24) is 19.5 Å². The average Bonchev–Trinajstić information content (AvgIpc) is 3.78. The molecule has 0 unspecified atom stereocenters. The van der Waals surface area contributed by atoms with Gasteiger partial charge in [0.25, 0.3) is 0 Å². The first-order valence-electron chi connectivity index (χ1n) is 18.8. The van der Waals surface area contributed by atoms with E-state index in [0.717, 1.165) is 22.5 Å². The van der Waals surface area contributed by atoms with Crippen LogP contribution in [0, 0.1) is 0 Å². The van der Waals surface area contributed by atoms with Gasteiger partial charge in [0.05, 0.1) is 11.0 Å². The molecular weight excluding hydrogens is 683 g/mol. The third-order valence-corrected chi connectivity index (χ3v) is 12.9. The monoisotopic (exact) mass is 716 g/mol. The van der Waals surface area contributed by atoms with Crippen molar-refractivity contribution in [3.05, 3.63) is 140 Å². The smallest absolute Gasteiger partial charge is 0.165 e. The highest BCUT2D eigenvalue weighted by Gasteiger charge is 2.21. The van der Waals surface area contributed by atoms with Crippen LogP contribution >= 0.6 is 11.3 Å². The summed E-state index contributed by atoms with van der Waals surface area (Å²) in [5, 5.41) is 4.95. The van der Waals surface area contributed by atoms with Gasteiger partial charge in [-0.15, -0.1) is 27.7 Å². The zero-order valence-electron chi connectivity index (χ0n) is 31.5. The third kappa shape index (κ3) is 5.38. The Hall–Kier alpha value is -6.11. The van der Waals surface area contributed by atoms with E-state index in [-0.39, 0.29) is 0 Å². The van der Waals surface area contributed by atoms with Crippen molar-refractivity contribution in [1.29, 1.82) is 0 Å². The highest BCUT2D eigenvalue weighted by atomic mass is 32.1. The molecule has 10 heteroatoms. The molecule has 0 fully saturated rings. The fraction of sp³-hybridized carbons (Fsp3) is 0. The van der Waals surface area contributed by atoms with Gasteiger partial charge in [-0.05, 0) is 53.6 Å². The van der Waals surface area contributed by atoms with Crippen molar-refractivity contribution >= 4 is 120 Å². The summed E-state index contributed by atoms with van der Waals surface area (Å²) in [6, 6.07) is 49.9. The molecule has 10 aromatic rings. The first-order chi connectivity index (χ1) is 26.9. The maximum Gasteiger partial charge on any atom is 0.165 e. The fourth-order valence-corrected chi connectivity index (χ4v) is 9.57. The lowest BCUT2D eigenvalue weighted by Crippen LogP contribution is -2.55. The fourth-order valence-electron chi connectivity index (χ4n) is 8.32. The summed E-state index contributed by atoms with van der Waals surface area (Å²) in [7, 11) is 11.0. The van der Waals surface area contributed by atoms with Gasteiger partial charge in [-0.2, -0.15) is 0 Å². The predicted molar refractivity (Wildman–Crippen MR) is 250 cm³/mol. The van der Waals surface area contributed by atoms with E-state index in [1.54, 1.807) is 0 Å². The number of hydrogen-bond acceptors (Lipinski definition) is 4. The lowest BCUT2D eigenvalue weighted by Gasteiger charge is -2.20. The number of hydrogen-bond donors (Lipinski definition) is 0. The van der Waals surface area contributed by atoms with Crippen molar-refractivity contribution in [2.45, 2.75) is 0 Å². The Balaban J connectivity index is 1.13. The molecule has 55 heavy (non-hydrogen) atoms. The van der Waals surface area contributed by atoms with Gasteiger partial charge in [-0.3, -0.25) is 0 Å². The number of para-hydroxylation sites is 2. The van der Waals surface area contributed by atoms with E-state index in [0.29, 0.717) is 11.6 Å². The Morgan fingerprint density at radius 1 is 0.418 bits per heavy atom. The summed E-state index contributed by atoms with van der Waals surface area (Å²) in [6.45, 7) is 0. The van der Waals surface area contributed by atoms with Gasteiger partial charge in [-0.1, -0.05) is 108 Å². The summed E-state index contributed by atoms with van der Waals surface area (Å²) >= 11 is 1.81. The SMILES string of the molecule is Bc1c(B)c(B)c(-c2nc(-c3ccccc3)nc(-c3cccc4c3sc3cc(-c5ccc6c(c5)c5ccccc5n6-c5ccccc5)ccc34)n2)c(B)c1B. The molecule has 0 aliphatic heterocycles. The first kappa shape index (κ1) is 33.5. The molecule has 0 saturated heterocycles.